The van der Waals surface area contributed by atoms with Crippen LogP contribution in [0, 0.1) is 0 Å². The number of carbonyl (C=O) groups is 1. The predicted octanol–water partition coefficient (Wildman–Crippen LogP) is -1.15. The van der Waals surface area contributed by atoms with Gasteiger partial charge in [0.05, 0.1) is 0 Å². The molecule has 0 fully saturated rings. The zero-order valence-electron chi connectivity index (χ0n) is 3.29. The van der Waals surface area contributed by atoms with Gasteiger partial charge in [0.1, 0.15) is 12.5 Å². The number of hydrogen-bond acceptors (Lipinski definition) is 3. The molecule has 0 saturated heterocycles. The maximum absolute atomic E-state index is 9.38. The molecule has 3 N–H and O–H groups in total. The first-order valence-electron chi connectivity index (χ1n) is 1.64. The van der Waals surface area contributed by atoms with Crippen molar-refractivity contribution in [2.75, 3.05) is 0 Å². The summed E-state index contributed by atoms with van der Waals surface area (Å²) in [6, 6.07) is 0. The number of aliphatic hydroxyl groups excluding tert-OH is 1. The van der Waals surface area contributed by atoms with Crippen molar-refractivity contribution in [3.8, 4) is 0 Å². The molecule has 0 bridgehead atoms. The fraction of sp³-hybridized carbons (Fsp3) is 0.667. The third kappa shape index (κ3) is 3.59. The summed E-state index contributed by atoms with van der Waals surface area (Å²) in [5, 5.41) is 8.10. The highest BCUT2D eigenvalue weighted by Gasteiger charge is 1.87. The molecule has 36 valence electrons. The van der Waals surface area contributed by atoms with Crippen molar-refractivity contribution in [3.63, 3.8) is 0 Å². The minimum absolute atomic E-state index is 0.0278. The standard InChI is InChI=1S/C3H7NO2/c4-3(6)1-2-5/h2-3,6H,1,4H2. The maximum Gasteiger partial charge on any atom is 0.123 e. The normalized spacial score (nSPS) is 13.7. The van der Waals surface area contributed by atoms with Crippen LogP contribution in [0.5, 0.6) is 0 Å². The molecule has 0 aliphatic carbocycles. The Morgan fingerprint density at radius 2 is 2.50 bits per heavy atom. The lowest BCUT2D eigenvalue weighted by atomic mass is 10.4. The summed E-state index contributed by atoms with van der Waals surface area (Å²) in [6.07, 6.45) is -0.368. The van der Waals surface area contributed by atoms with Gasteiger partial charge >= 0.3 is 0 Å². The summed E-state index contributed by atoms with van der Waals surface area (Å²) in [6.45, 7) is 0. The lowest BCUT2D eigenvalue weighted by molar-refractivity contribution is -0.109. The van der Waals surface area contributed by atoms with Crippen molar-refractivity contribution in [2.24, 2.45) is 5.73 Å². The van der Waals surface area contributed by atoms with Crippen LogP contribution in [0.25, 0.3) is 0 Å². The van der Waals surface area contributed by atoms with E-state index >= 15 is 0 Å². The highest BCUT2D eigenvalue weighted by molar-refractivity contribution is 5.49. The van der Waals surface area contributed by atoms with Crippen LogP contribution in [0.3, 0.4) is 0 Å². The molecule has 3 heteroatoms. The van der Waals surface area contributed by atoms with E-state index in [2.05, 4.69) is 0 Å². The van der Waals surface area contributed by atoms with Gasteiger partial charge in [-0.25, -0.2) is 0 Å². The van der Waals surface area contributed by atoms with Crippen molar-refractivity contribution in [3.05, 3.63) is 0 Å². The first-order valence-corrected chi connectivity index (χ1v) is 1.64. The molecule has 0 heterocycles. The minimum Gasteiger partial charge on any atom is -0.378 e. The average Bonchev–Trinajstić information content (AvgIpc) is 1.35. The van der Waals surface area contributed by atoms with Gasteiger partial charge in [-0.15, -0.1) is 0 Å². The van der Waals surface area contributed by atoms with E-state index in [0.29, 0.717) is 6.29 Å². The molecule has 1 unspecified atom stereocenters. The van der Waals surface area contributed by atoms with Crippen molar-refractivity contribution in [2.45, 2.75) is 12.6 Å². The van der Waals surface area contributed by atoms with Crippen LogP contribution in [-0.2, 0) is 4.79 Å². The molecule has 0 aromatic rings. The van der Waals surface area contributed by atoms with E-state index in [1.54, 1.807) is 0 Å². The highest BCUT2D eigenvalue weighted by atomic mass is 16.3. The summed E-state index contributed by atoms with van der Waals surface area (Å²) in [7, 11) is 0. The van der Waals surface area contributed by atoms with Gasteiger partial charge in [0, 0.05) is 6.42 Å². The molecule has 0 aromatic heterocycles. The Morgan fingerprint density at radius 1 is 2.00 bits per heavy atom. The van der Waals surface area contributed by atoms with Crippen molar-refractivity contribution in [1.82, 2.24) is 0 Å². The van der Waals surface area contributed by atoms with Crippen molar-refractivity contribution >= 4 is 6.29 Å². The summed E-state index contributed by atoms with van der Waals surface area (Å²) < 4.78 is 0. The second kappa shape index (κ2) is 2.81. The van der Waals surface area contributed by atoms with Crippen LogP contribution in [0.4, 0.5) is 0 Å². The van der Waals surface area contributed by atoms with E-state index in [1.165, 1.54) is 0 Å². The molecular weight excluding hydrogens is 82.0 g/mol. The van der Waals surface area contributed by atoms with E-state index in [0.717, 1.165) is 0 Å². The maximum atomic E-state index is 9.38. The summed E-state index contributed by atoms with van der Waals surface area (Å²) in [5.74, 6) is 0. The van der Waals surface area contributed by atoms with Gasteiger partial charge in [-0.1, -0.05) is 0 Å². The monoisotopic (exact) mass is 89.0 g/mol. The average molecular weight is 89.1 g/mol. The van der Waals surface area contributed by atoms with Crippen molar-refractivity contribution in [1.29, 1.82) is 0 Å². The van der Waals surface area contributed by atoms with E-state index in [4.69, 9.17) is 10.8 Å². The first-order chi connectivity index (χ1) is 2.77. The Hall–Kier alpha value is -0.410. The molecule has 0 aliphatic heterocycles. The summed E-state index contributed by atoms with van der Waals surface area (Å²) in [4.78, 5) is 9.38. The van der Waals surface area contributed by atoms with Gasteiger partial charge in [-0.05, 0) is 0 Å². The van der Waals surface area contributed by atoms with Gasteiger partial charge in [0.2, 0.25) is 0 Å². The van der Waals surface area contributed by atoms with Gasteiger partial charge in [0.15, 0.2) is 0 Å². The first kappa shape index (κ1) is 5.59. The van der Waals surface area contributed by atoms with Gasteiger partial charge in [-0.2, -0.15) is 0 Å². The van der Waals surface area contributed by atoms with E-state index in [1.807, 2.05) is 0 Å². The largest absolute Gasteiger partial charge is 0.378 e. The lowest BCUT2D eigenvalue weighted by Gasteiger charge is -1.90. The Balaban J connectivity index is 2.81. The molecule has 0 rings (SSSR count). The number of aldehydes is 1. The summed E-state index contributed by atoms with van der Waals surface area (Å²) in [5.41, 5.74) is 4.73. The highest BCUT2D eigenvalue weighted by Crippen LogP contribution is 1.70. The Morgan fingerprint density at radius 3 is 2.50 bits per heavy atom. The third-order valence-corrected chi connectivity index (χ3v) is 0.338. The number of aliphatic hydroxyl groups is 1. The fourth-order valence-corrected chi connectivity index (χ4v) is 0.0986. The van der Waals surface area contributed by atoms with Crippen LogP contribution in [0.2, 0.25) is 0 Å². The fourth-order valence-electron chi connectivity index (χ4n) is 0.0986. The number of hydrogen-bond donors (Lipinski definition) is 2. The third-order valence-electron chi connectivity index (χ3n) is 0.338. The van der Waals surface area contributed by atoms with Gasteiger partial charge < -0.3 is 15.6 Å². The van der Waals surface area contributed by atoms with Gasteiger partial charge in [-0.3, -0.25) is 0 Å². The topological polar surface area (TPSA) is 63.3 Å². The molecule has 0 spiro atoms. The van der Waals surface area contributed by atoms with Crippen LogP contribution >= 0.6 is 0 Å². The van der Waals surface area contributed by atoms with Crippen LogP contribution in [0.1, 0.15) is 6.42 Å². The number of carbonyl (C=O) groups excluding carboxylic acids is 1. The lowest BCUT2D eigenvalue weighted by Crippen LogP contribution is -2.18. The number of nitrogens with two attached hydrogens (primary N) is 1. The van der Waals surface area contributed by atoms with E-state index in [9.17, 15) is 4.79 Å². The van der Waals surface area contributed by atoms with Crippen LogP contribution in [-0.4, -0.2) is 17.6 Å². The Labute approximate surface area is 35.8 Å². The molecule has 0 amide bonds. The molecule has 0 saturated carbocycles. The molecular formula is C3H7NO2. The smallest absolute Gasteiger partial charge is 0.123 e. The molecule has 0 aliphatic rings. The number of rotatable bonds is 2. The van der Waals surface area contributed by atoms with E-state index in [-0.39, 0.29) is 6.42 Å². The Kier molecular flexibility index (Phi) is 2.62. The molecule has 6 heavy (non-hydrogen) atoms. The van der Waals surface area contributed by atoms with Crippen LogP contribution in [0.15, 0.2) is 0 Å². The predicted molar refractivity (Wildman–Crippen MR) is 20.9 cm³/mol. The van der Waals surface area contributed by atoms with Gasteiger partial charge in [0.25, 0.3) is 0 Å². The molecule has 0 aromatic carbocycles. The molecule has 1 atom stereocenters. The molecule has 0 radical (unpaired) electrons. The zero-order valence-corrected chi connectivity index (χ0v) is 3.29. The quantitative estimate of drug-likeness (QED) is 0.332. The van der Waals surface area contributed by atoms with Crippen LogP contribution < -0.4 is 5.73 Å². The zero-order chi connectivity index (χ0) is 4.99. The van der Waals surface area contributed by atoms with Crippen molar-refractivity contribution < 1.29 is 9.90 Å². The summed E-state index contributed by atoms with van der Waals surface area (Å²) >= 11 is 0. The Bertz CT molecular complexity index is 44.1. The SMILES string of the molecule is NC(O)CC=O. The second-order valence-electron chi connectivity index (χ2n) is 0.970. The molecule has 3 nitrogen and oxygen atoms in total. The second-order valence-corrected chi connectivity index (χ2v) is 0.970. The van der Waals surface area contributed by atoms with E-state index < -0.39 is 6.23 Å². The minimum atomic E-state index is -0.970.